The summed E-state index contributed by atoms with van der Waals surface area (Å²) >= 11 is 0. The van der Waals surface area contributed by atoms with E-state index in [1.807, 2.05) is 49.1 Å². The molecule has 4 rings (SSSR count). The second kappa shape index (κ2) is 9.12. The van der Waals surface area contributed by atoms with Gasteiger partial charge in [0.25, 0.3) is 0 Å². The predicted octanol–water partition coefficient (Wildman–Crippen LogP) is 5.56. The Kier molecular flexibility index (Phi) is 6.45. The minimum Gasteiger partial charge on any atom is -0.371 e. The van der Waals surface area contributed by atoms with Crippen molar-refractivity contribution in [3.8, 4) is 11.1 Å². The standard InChI is InChI=1S/C25H30F3N3O/c1-16-10-19(11-17(2)30-16)23-8-7-22(31-9-3-4-21(15-31)25(26,27)28)13-20(23)14-29-24(32)12-18-5-6-18/h7-8,10-11,13,18,21H,3-6,9,12,14-15H2,1-2H3,(H,29,32). The fourth-order valence-corrected chi connectivity index (χ4v) is 4.52. The summed E-state index contributed by atoms with van der Waals surface area (Å²) in [6.45, 7) is 4.81. The lowest BCUT2D eigenvalue weighted by Crippen LogP contribution is -2.41. The lowest BCUT2D eigenvalue weighted by Gasteiger charge is -2.35. The highest BCUT2D eigenvalue weighted by molar-refractivity contribution is 5.77. The van der Waals surface area contributed by atoms with Gasteiger partial charge < -0.3 is 10.2 Å². The van der Waals surface area contributed by atoms with Crippen LogP contribution < -0.4 is 10.2 Å². The molecule has 4 nitrogen and oxygen atoms in total. The van der Waals surface area contributed by atoms with Crippen molar-refractivity contribution < 1.29 is 18.0 Å². The van der Waals surface area contributed by atoms with Crippen molar-refractivity contribution in [2.75, 3.05) is 18.0 Å². The molecule has 2 fully saturated rings. The largest absolute Gasteiger partial charge is 0.393 e. The van der Waals surface area contributed by atoms with Gasteiger partial charge in [-0.05, 0) is 86.4 Å². The molecule has 1 aromatic heterocycles. The molecule has 1 atom stereocenters. The van der Waals surface area contributed by atoms with Crippen molar-refractivity contribution in [2.24, 2.45) is 11.8 Å². The highest BCUT2D eigenvalue weighted by atomic mass is 19.4. The molecule has 1 amide bonds. The first-order chi connectivity index (χ1) is 15.2. The molecular formula is C25H30F3N3O. The van der Waals surface area contributed by atoms with Crippen LogP contribution in [0.25, 0.3) is 11.1 Å². The molecule has 2 aromatic rings. The summed E-state index contributed by atoms with van der Waals surface area (Å²) in [4.78, 5) is 18.6. The molecule has 1 aromatic carbocycles. The number of rotatable bonds is 6. The van der Waals surface area contributed by atoms with Gasteiger partial charge in [0.2, 0.25) is 5.91 Å². The van der Waals surface area contributed by atoms with Gasteiger partial charge in [-0.2, -0.15) is 13.2 Å². The SMILES string of the molecule is Cc1cc(-c2ccc(N3CCCC(C(F)(F)F)C3)cc2CNC(=O)CC2CC2)cc(C)n1. The van der Waals surface area contributed by atoms with Gasteiger partial charge in [-0.15, -0.1) is 0 Å². The number of nitrogens with one attached hydrogen (secondary N) is 1. The monoisotopic (exact) mass is 445 g/mol. The van der Waals surface area contributed by atoms with Crippen LogP contribution in [0.15, 0.2) is 30.3 Å². The van der Waals surface area contributed by atoms with E-state index in [2.05, 4.69) is 10.3 Å². The van der Waals surface area contributed by atoms with Crippen LogP contribution in [0.5, 0.6) is 0 Å². The van der Waals surface area contributed by atoms with Gasteiger partial charge in [-0.1, -0.05) is 6.07 Å². The average molecular weight is 446 g/mol. The number of benzene rings is 1. The molecule has 2 aliphatic rings. The number of carbonyl (C=O) groups excluding carboxylic acids is 1. The van der Waals surface area contributed by atoms with Crippen molar-refractivity contribution >= 4 is 11.6 Å². The summed E-state index contributed by atoms with van der Waals surface area (Å²) in [6, 6.07) is 9.80. The van der Waals surface area contributed by atoms with E-state index in [-0.39, 0.29) is 18.9 Å². The number of hydrogen-bond acceptors (Lipinski definition) is 3. The summed E-state index contributed by atoms with van der Waals surface area (Å²) in [6.07, 6.45) is -0.718. The summed E-state index contributed by atoms with van der Waals surface area (Å²) in [5.74, 6) is -0.775. The highest BCUT2D eigenvalue weighted by Gasteiger charge is 2.41. The van der Waals surface area contributed by atoms with Crippen LogP contribution in [0.2, 0.25) is 0 Å². The second-order valence-corrected chi connectivity index (χ2v) is 9.23. The van der Waals surface area contributed by atoms with Crippen LogP contribution in [0.4, 0.5) is 18.9 Å². The number of halogens is 3. The zero-order valence-electron chi connectivity index (χ0n) is 18.6. The number of pyridine rings is 1. The average Bonchev–Trinajstić information content (AvgIpc) is 3.55. The smallest absolute Gasteiger partial charge is 0.371 e. The van der Waals surface area contributed by atoms with Gasteiger partial charge in [-0.25, -0.2) is 0 Å². The molecule has 1 unspecified atom stereocenters. The van der Waals surface area contributed by atoms with Gasteiger partial charge in [0, 0.05) is 43.1 Å². The summed E-state index contributed by atoms with van der Waals surface area (Å²) in [5.41, 5.74) is 5.45. The normalized spacial score (nSPS) is 19.2. The molecular weight excluding hydrogens is 415 g/mol. The highest BCUT2D eigenvalue weighted by Crippen LogP contribution is 2.36. The van der Waals surface area contributed by atoms with Gasteiger partial charge in [-0.3, -0.25) is 9.78 Å². The maximum Gasteiger partial charge on any atom is 0.393 e. The van der Waals surface area contributed by atoms with Crippen LogP contribution >= 0.6 is 0 Å². The minimum absolute atomic E-state index is 0.0240. The topological polar surface area (TPSA) is 45.2 Å². The van der Waals surface area contributed by atoms with E-state index in [0.29, 0.717) is 31.8 Å². The number of aryl methyl sites for hydroxylation is 2. The van der Waals surface area contributed by atoms with Crippen LogP contribution in [0.3, 0.4) is 0 Å². The lowest BCUT2D eigenvalue weighted by atomic mass is 9.95. The molecule has 1 aliphatic heterocycles. The zero-order chi connectivity index (χ0) is 22.9. The Morgan fingerprint density at radius 1 is 1.12 bits per heavy atom. The zero-order valence-corrected chi connectivity index (χ0v) is 18.6. The van der Waals surface area contributed by atoms with E-state index >= 15 is 0 Å². The van der Waals surface area contributed by atoms with Gasteiger partial charge in [0.15, 0.2) is 0 Å². The molecule has 172 valence electrons. The van der Waals surface area contributed by atoms with Crippen LogP contribution in [0.1, 0.15) is 49.1 Å². The fraction of sp³-hybridized carbons (Fsp3) is 0.520. The molecule has 0 spiro atoms. The molecule has 32 heavy (non-hydrogen) atoms. The molecule has 1 N–H and O–H groups in total. The van der Waals surface area contributed by atoms with Crippen molar-refractivity contribution in [1.29, 1.82) is 0 Å². The Morgan fingerprint density at radius 2 is 1.84 bits per heavy atom. The van der Waals surface area contributed by atoms with Gasteiger partial charge in [0.05, 0.1) is 5.92 Å². The third kappa shape index (κ3) is 5.61. The predicted molar refractivity (Wildman–Crippen MR) is 119 cm³/mol. The third-order valence-electron chi connectivity index (χ3n) is 6.38. The van der Waals surface area contributed by atoms with Crippen molar-refractivity contribution in [2.45, 2.75) is 58.7 Å². The number of piperidine rings is 1. The number of aromatic nitrogens is 1. The van der Waals surface area contributed by atoms with Crippen LogP contribution in [-0.2, 0) is 11.3 Å². The molecule has 0 bridgehead atoms. The Morgan fingerprint density at radius 3 is 2.50 bits per heavy atom. The number of alkyl halides is 3. The number of anilines is 1. The van der Waals surface area contributed by atoms with Crippen molar-refractivity contribution in [3.05, 3.63) is 47.3 Å². The first-order valence-electron chi connectivity index (χ1n) is 11.4. The fourth-order valence-electron chi connectivity index (χ4n) is 4.52. The van der Waals surface area contributed by atoms with E-state index < -0.39 is 12.1 Å². The number of carbonyl (C=O) groups is 1. The molecule has 1 aliphatic carbocycles. The maximum atomic E-state index is 13.3. The van der Waals surface area contributed by atoms with Gasteiger partial charge >= 0.3 is 6.18 Å². The maximum absolute atomic E-state index is 13.3. The number of nitrogens with zero attached hydrogens (tertiary/aromatic N) is 2. The lowest BCUT2D eigenvalue weighted by molar-refractivity contribution is -0.176. The Labute approximate surface area is 187 Å². The van der Waals surface area contributed by atoms with Crippen molar-refractivity contribution in [3.63, 3.8) is 0 Å². The van der Waals surface area contributed by atoms with Crippen molar-refractivity contribution in [1.82, 2.24) is 10.3 Å². The van der Waals surface area contributed by atoms with Crippen LogP contribution in [-0.4, -0.2) is 30.2 Å². The summed E-state index contributed by atoms with van der Waals surface area (Å²) < 4.78 is 39.9. The first kappa shape index (κ1) is 22.6. The number of amides is 1. The third-order valence-corrected chi connectivity index (χ3v) is 6.38. The minimum atomic E-state index is -4.18. The molecule has 1 saturated carbocycles. The number of hydrogen-bond donors (Lipinski definition) is 1. The summed E-state index contributed by atoms with van der Waals surface area (Å²) in [5, 5.41) is 3.02. The van der Waals surface area contributed by atoms with E-state index in [9.17, 15) is 18.0 Å². The van der Waals surface area contributed by atoms with Gasteiger partial charge in [0.1, 0.15) is 0 Å². The molecule has 0 radical (unpaired) electrons. The van der Waals surface area contributed by atoms with E-state index in [4.69, 9.17) is 0 Å². The van der Waals surface area contributed by atoms with E-state index in [0.717, 1.165) is 46.6 Å². The molecule has 7 heteroatoms. The first-order valence-corrected chi connectivity index (χ1v) is 11.4. The molecule has 1 saturated heterocycles. The van der Waals surface area contributed by atoms with E-state index in [1.54, 1.807) is 0 Å². The second-order valence-electron chi connectivity index (χ2n) is 9.23. The Bertz CT molecular complexity index is 965. The quantitative estimate of drug-likeness (QED) is 0.633. The Balaban J connectivity index is 1.61. The van der Waals surface area contributed by atoms with E-state index in [1.165, 1.54) is 0 Å². The molecule has 2 heterocycles. The Hall–Kier alpha value is -2.57. The summed E-state index contributed by atoms with van der Waals surface area (Å²) in [7, 11) is 0. The van der Waals surface area contributed by atoms with Crippen LogP contribution in [0, 0.1) is 25.7 Å².